The lowest BCUT2D eigenvalue weighted by atomic mass is 10.1. The van der Waals surface area contributed by atoms with Gasteiger partial charge in [0.15, 0.2) is 0 Å². The first-order valence-corrected chi connectivity index (χ1v) is 5.08. The Bertz CT molecular complexity index is 162. The topological polar surface area (TPSA) is 9.23 Å². The van der Waals surface area contributed by atoms with Crippen molar-refractivity contribution in [1.82, 2.24) is 0 Å². The normalized spacial score (nSPS) is 14.8. The molecule has 1 heteroatoms. The van der Waals surface area contributed by atoms with Crippen LogP contribution in [0.25, 0.3) is 0 Å². The summed E-state index contributed by atoms with van der Waals surface area (Å²) in [5.41, 5.74) is 0. The maximum absolute atomic E-state index is 5.57. The van der Waals surface area contributed by atoms with Gasteiger partial charge in [0.25, 0.3) is 0 Å². The molecule has 0 saturated carbocycles. The summed E-state index contributed by atoms with van der Waals surface area (Å²) in [7, 11) is 0. The lowest BCUT2D eigenvalue weighted by Gasteiger charge is -2.18. The van der Waals surface area contributed by atoms with E-state index in [9.17, 15) is 0 Å². The maximum atomic E-state index is 5.57. The van der Waals surface area contributed by atoms with Crippen LogP contribution in [0.1, 0.15) is 40.5 Å². The lowest BCUT2D eigenvalue weighted by Crippen LogP contribution is -2.05. The van der Waals surface area contributed by atoms with Crippen molar-refractivity contribution in [2.24, 2.45) is 11.8 Å². The summed E-state index contributed by atoms with van der Waals surface area (Å²) in [6, 6.07) is 0. The van der Waals surface area contributed by atoms with E-state index >= 15 is 0 Å². The molecule has 0 radical (unpaired) electrons. The molecule has 0 heterocycles. The van der Waals surface area contributed by atoms with Gasteiger partial charge in [-0.15, -0.1) is 0 Å². The molecule has 0 bridgehead atoms. The molecular formula is C12H22O. The van der Waals surface area contributed by atoms with Crippen LogP contribution < -0.4 is 0 Å². The molecule has 2 atom stereocenters. The minimum absolute atomic E-state index is 0.417. The molecule has 0 aromatic carbocycles. The van der Waals surface area contributed by atoms with Crippen molar-refractivity contribution < 1.29 is 4.74 Å². The van der Waals surface area contributed by atoms with E-state index in [1.165, 1.54) is 0 Å². The first-order chi connectivity index (χ1) is 6.02. The molecule has 0 aliphatic carbocycles. The zero-order valence-corrected chi connectivity index (χ0v) is 9.39. The first kappa shape index (κ1) is 12.3. The molecule has 0 spiro atoms. The van der Waals surface area contributed by atoms with Gasteiger partial charge in [-0.25, -0.2) is 0 Å². The number of rotatable bonds is 6. The number of hydrogen-bond acceptors (Lipinski definition) is 1. The fourth-order valence-corrected chi connectivity index (χ4v) is 0.825. The number of hydrogen-bond donors (Lipinski definition) is 0. The molecule has 0 rings (SSSR count). The van der Waals surface area contributed by atoms with E-state index in [1.807, 2.05) is 0 Å². The Balaban J connectivity index is 3.99. The second kappa shape index (κ2) is 5.85. The summed E-state index contributed by atoms with van der Waals surface area (Å²) in [6.07, 6.45) is 2.12. The lowest BCUT2D eigenvalue weighted by molar-refractivity contribution is 0.225. The minimum atomic E-state index is 0.417. The van der Waals surface area contributed by atoms with Crippen LogP contribution in [0.5, 0.6) is 0 Å². The molecule has 0 aromatic heterocycles. The van der Waals surface area contributed by atoms with Crippen LogP contribution in [0.3, 0.4) is 0 Å². The SMILES string of the molecule is C=C(OC(=C)C(C)CC)C(C)CC. The smallest absolute Gasteiger partial charge is 0.0992 e. The van der Waals surface area contributed by atoms with Crippen LogP contribution in [0, 0.1) is 11.8 Å². The Morgan fingerprint density at radius 2 is 1.31 bits per heavy atom. The van der Waals surface area contributed by atoms with Gasteiger partial charge in [0.05, 0.1) is 11.5 Å². The molecule has 0 aliphatic rings. The maximum Gasteiger partial charge on any atom is 0.0992 e. The average Bonchev–Trinajstić information content (AvgIpc) is 2.14. The molecule has 76 valence electrons. The van der Waals surface area contributed by atoms with E-state index < -0.39 is 0 Å². The molecule has 0 amide bonds. The Morgan fingerprint density at radius 1 is 1.00 bits per heavy atom. The van der Waals surface area contributed by atoms with Crippen LogP contribution >= 0.6 is 0 Å². The van der Waals surface area contributed by atoms with Crippen LogP contribution in [0.15, 0.2) is 24.7 Å². The Kier molecular flexibility index (Phi) is 5.52. The van der Waals surface area contributed by atoms with E-state index in [-0.39, 0.29) is 0 Å². The van der Waals surface area contributed by atoms with E-state index in [0.29, 0.717) is 11.8 Å². The first-order valence-electron chi connectivity index (χ1n) is 5.08. The molecule has 0 saturated heterocycles. The molecule has 1 nitrogen and oxygen atoms in total. The Labute approximate surface area is 82.5 Å². The van der Waals surface area contributed by atoms with Gasteiger partial charge in [-0.1, -0.05) is 40.9 Å². The van der Waals surface area contributed by atoms with Crippen molar-refractivity contribution in [3.63, 3.8) is 0 Å². The van der Waals surface area contributed by atoms with Gasteiger partial charge in [0, 0.05) is 11.8 Å². The summed E-state index contributed by atoms with van der Waals surface area (Å²) in [6.45, 7) is 16.3. The van der Waals surface area contributed by atoms with Gasteiger partial charge in [0.1, 0.15) is 0 Å². The van der Waals surface area contributed by atoms with Crippen molar-refractivity contribution in [1.29, 1.82) is 0 Å². The van der Waals surface area contributed by atoms with Crippen LogP contribution in [-0.4, -0.2) is 0 Å². The molecule has 13 heavy (non-hydrogen) atoms. The highest BCUT2D eigenvalue weighted by Gasteiger charge is 2.10. The number of allylic oxidation sites excluding steroid dienone is 2. The van der Waals surface area contributed by atoms with Crippen molar-refractivity contribution >= 4 is 0 Å². The van der Waals surface area contributed by atoms with E-state index in [2.05, 4.69) is 40.9 Å². The van der Waals surface area contributed by atoms with Crippen LogP contribution in [0.4, 0.5) is 0 Å². The van der Waals surface area contributed by atoms with Crippen molar-refractivity contribution in [3.05, 3.63) is 24.7 Å². The predicted molar refractivity (Wildman–Crippen MR) is 58.3 cm³/mol. The highest BCUT2D eigenvalue weighted by molar-refractivity contribution is 4.98. The van der Waals surface area contributed by atoms with Gasteiger partial charge in [-0.3, -0.25) is 0 Å². The average molecular weight is 182 g/mol. The molecule has 0 N–H and O–H groups in total. The second-order valence-corrected chi connectivity index (χ2v) is 3.65. The summed E-state index contributed by atoms with van der Waals surface area (Å²) in [4.78, 5) is 0. The molecular weight excluding hydrogens is 160 g/mol. The highest BCUT2D eigenvalue weighted by atomic mass is 16.5. The van der Waals surface area contributed by atoms with Crippen molar-refractivity contribution in [2.45, 2.75) is 40.5 Å². The summed E-state index contributed by atoms with van der Waals surface area (Å²) in [5.74, 6) is 2.52. The van der Waals surface area contributed by atoms with Crippen molar-refractivity contribution in [3.8, 4) is 0 Å². The fourth-order valence-electron chi connectivity index (χ4n) is 0.825. The van der Waals surface area contributed by atoms with Crippen LogP contribution in [-0.2, 0) is 4.74 Å². The minimum Gasteiger partial charge on any atom is -0.467 e. The largest absolute Gasteiger partial charge is 0.467 e. The zero-order chi connectivity index (χ0) is 10.4. The Hall–Kier alpha value is -0.720. The summed E-state index contributed by atoms with van der Waals surface area (Å²) < 4.78 is 5.57. The zero-order valence-electron chi connectivity index (χ0n) is 9.39. The van der Waals surface area contributed by atoms with E-state index in [1.54, 1.807) is 0 Å². The number of ether oxygens (including phenoxy) is 1. The van der Waals surface area contributed by atoms with E-state index in [0.717, 1.165) is 24.4 Å². The predicted octanol–water partition coefficient (Wildman–Crippen LogP) is 4.12. The molecule has 0 aromatic rings. The standard InChI is InChI=1S/C12H22O/c1-7-9(3)11(5)13-12(6)10(4)8-2/h9-10H,5-8H2,1-4H3. The van der Waals surface area contributed by atoms with Gasteiger partial charge in [-0.2, -0.15) is 0 Å². The van der Waals surface area contributed by atoms with Gasteiger partial charge < -0.3 is 4.74 Å². The summed E-state index contributed by atoms with van der Waals surface area (Å²) in [5, 5.41) is 0. The van der Waals surface area contributed by atoms with Gasteiger partial charge >= 0.3 is 0 Å². The molecule has 0 aliphatic heterocycles. The third kappa shape index (κ3) is 4.16. The van der Waals surface area contributed by atoms with Gasteiger partial charge in [-0.05, 0) is 12.8 Å². The highest BCUT2D eigenvalue weighted by Crippen LogP contribution is 2.21. The van der Waals surface area contributed by atoms with Crippen LogP contribution in [0.2, 0.25) is 0 Å². The fraction of sp³-hybridized carbons (Fsp3) is 0.667. The van der Waals surface area contributed by atoms with E-state index in [4.69, 9.17) is 4.74 Å². The van der Waals surface area contributed by atoms with Gasteiger partial charge in [0.2, 0.25) is 0 Å². The molecule has 0 fully saturated rings. The third-order valence-electron chi connectivity index (χ3n) is 2.59. The quantitative estimate of drug-likeness (QED) is 0.561. The second-order valence-electron chi connectivity index (χ2n) is 3.65. The monoisotopic (exact) mass is 182 g/mol. The van der Waals surface area contributed by atoms with Crippen molar-refractivity contribution in [2.75, 3.05) is 0 Å². The summed E-state index contributed by atoms with van der Waals surface area (Å²) >= 11 is 0. The molecule has 2 unspecified atom stereocenters. The Morgan fingerprint density at radius 3 is 1.54 bits per heavy atom. The third-order valence-corrected chi connectivity index (χ3v) is 2.59.